The number of carbonyl (C=O) groups excluding carboxylic acids is 2. The second-order valence-corrected chi connectivity index (χ2v) is 5.79. The van der Waals surface area contributed by atoms with Gasteiger partial charge in [-0.05, 0) is 66.9 Å². The molecule has 0 aliphatic rings. The van der Waals surface area contributed by atoms with Gasteiger partial charge >= 0.3 is 5.97 Å². The smallest absolute Gasteiger partial charge is 0.347 e. The predicted molar refractivity (Wildman–Crippen MR) is 102 cm³/mol. The van der Waals surface area contributed by atoms with Crippen molar-refractivity contribution >= 4 is 23.8 Å². The highest BCUT2D eigenvalue weighted by molar-refractivity contribution is 5.93. The van der Waals surface area contributed by atoms with Gasteiger partial charge in [0.2, 0.25) is 6.61 Å². The number of hydrogen-bond acceptors (Lipinski definition) is 6. The van der Waals surface area contributed by atoms with E-state index < -0.39 is 18.5 Å². The van der Waals surface area contributed by atoms with Crippen LogP contribution in [0.25, 0.3) is 0 Å². The van der Waals surface area contributed by atoms with Gasteiger partial charge in [0.25, 0.3) is 5.91 Å². The lowest BCUT2D eigenvalue weighted by molar-refractivity contribution is -0.151. The van der Waals surface area contributed by atoms with Gasteiger partial charge in [0.1, 0.15) is 5.75 Å². The van der Waals surface area contributed by atoms with Crippen LogP contribution in [0.5, 0.6) is 5.75 Å². The molecule has 0 aliphatic carbocycles. The summed E-state index contributed by atoms with van der Waals surface area (Å²) in [5.41, 5.74) is 3.64. The fourth-order valence-corrected chi connectivity index (χ4v) is 2.08. The number of amides is 1. The van der Waals surface area contributed by atoms with Crippen molar-refractivity contribution in [3.8, 4) is 5.75 Å². The van der Waals surface area contributed by atoms with Crippen LogP contribution in [0, 0.1) is 13.8 Å². The zero-order chi connectivity index (χ0) is 19.6. The number of benzene rings is 2. The van der Waals surface area contributed by atoms with Crippen LogP contribution in [-0.4, -0.2) is 38.4 Å². The molecule has 0 fully saturated rings. The fourth-order valence-electron chi connectivity index (χ4n) is 2.08. The first-order chi connectivity index (χ1) is 13.0. The summed E-state index contributed by atoms with van der Waals surface area (Å²) in [6, 6.07) is 12.7. The quantitative estimate of drug-likeness (QED) is 0.439. The normalized spacial score (nSPS) is 10.5. The Morgan fingerprint density at radius 1 is 1.04 bits per heavy atom. The average Bonchev–Trinajstić information content (AvgIpc) is 2.67. The Kier molecular flexibility index (Phi) is 7.37. The molecule has 0 radical (unpaired) electrons. The maximum Gasteiger partial charge on any atom is 0.347 e. The number of hydrogen-bond donors (Lipinski definition) is 1. The third-order valence-corrected chi connectivity index (χ3v) is 3.73. The number of esters is 1. The molecule has 27 heavy (non-hydrogen) atoms. The highest BCUT2D eigenvalue weighted by Gasteiger charge is 2.08. The van der Waals surface area contributed by atoms with E-state index in [4.69, 9.17) is 14.3 Å². The largest absolute Gasteiger partial charge is 0.497 e. The summed E-state index contributed by atoms with van der Waals surface area (Å²) in [6.45, 7) is 3.16. The predicted octanol–water partition coefficient (Wildman–Crippen LogP) is 2.84. The highest BCUT2D eigenvalue weighted by Crippen LogP contribution is 2.14. The monoisotopic (exact) mass is 370 g/mol. The fraction of sp³-hybridized carbons (Fsp3) is 0.250. The number of aryl methyl sites for hydroxylation is 2. The molecule has 2 aromatic carbocycles. The van der Waals surface area contributed by atoms with Crippen LogP contribution in [0.15, 0.2) is 47.6 Å². The molecule has 0 aromatic heterocycles. The van der Waals surface area contributed by atoms with Crippen molar-refractivity contribution in [2.45, 2.75) is 13.8 Å². The second kappa shape index (κ2) is 9.96. The zero-order valence-corrected chi connectivity index (χ0v) is 15.5. The molecule has 0 atom stereocenters. The highest BCUT2D eigenvalue weighted by atomic mass is 16.7. The molecule has 2 aromatic rings. The summed E-state index contributed by atoms with van der Waals surface area (Å²) in [5.74, 6) is -0.374. The van der Waals surface area contributed by atoms with Gasteiger partial charge in [0.05, 0.1) is 13.3 Å². The van der Waals surface area contributed by atoms with Crippen LogP contribution in [0.1, 0.15) is 16.7 Å². The molecule has 0 saturated carbocycles. The minimum absolute atomic E-state index is 0.385. The van der Waals surface area contributed by atoms with E-state index in [0.29, 0.717) is 5.69 Å². The van der Waals surface area contributed by atoms with Gasteiger partial charge in [-0.3, -0.25) is 4.79 Å². The van der Waals surface area contributed by atoms with Gasteiger partial charge in [-0.25, -0.2) is 4.79 Å². The molecular formula is C20H22N2O5. The molecule has 142 valence electrons. The van der Waals surface area contributed by atoms with E-state index in [9.17, 15) is 9.59 Å². The third kappa shape index (κ3) is 6.81. The lowest BCUT2D eigenvalue weighted by atomic mass is 10.1. The number of anilines is 1. The van der Waals surface area contributed by atoms with Gasteiger partial charge in [-0.1, -0.05) is 11.2 Å². The minimum Gasteiger partial charge on any atom is -0.497 e. The van der Waals surface area contributed by atoms with E-state index in [0.717, 1.165) is 22.4 Å². The number of nitrogens with zero attached hydrogens (tertiary/aromatic N) is 1. The number of rotatable bonds is 8. The maximum absolute atomic E-state index is 11.8. The Morgan fingerprint density at radius 2 is 1.78 bits per heavy atom. The first-order valence-electron chi connectivity index (χ1n) is 8.30. The number of nitrogens with one attached hydrogen (secondary N) is 1. The molecule has 1 N–H and O–H groups in total. The molecule has 7 heteroatoms. The van der Waals surface area contributed by atoms with Gasteiger partial charge in [0.15, 0.2) is 6.61 Å². The standard InChI is InChI=1S/C20H22N2O5/c1-14-4-7-17(10-15(14)2)22-19(23)12-26-20(24)13-27-21-11-16-5-8-18(25-3)9-6-16/h4-11H,12-13H2,1-3H3,(H,22,23)/b21-11-. The Bertz CT molecular complexity index is 816. The SMILES string of the molecule is COc1ccc(/C=N\OCC(=O)OCC(=O)Nc2ccc(C)c(C)c2)cc1. The average molecular weight is 370 g/mol. The number of ether oxygens (including phenoxy) is 2. The first-order valence-corrected chi connectivity index (χ1v) is 8.30. The van der Waals surface area contributed by atoms with Crippen LogP contribution < -0.4 is 10.1 Å². The first kappa shape index (κ1) is 20.0. The number of methoxy groups -OCH3 is 1. The Labute approximate surface area is 157 Å². The maximum atomic E-state index is 11.8. The molecule has 0 aliphatic heterocycles. The Hall–Kier alpha value is -3.35. The molecule has 0 bridgehead atoms. The number of carbonyl (C=O) groups is 2. The summed E-state index contributed by atoms with van der Waals surface area (Å²) in [4.78, 5) is 28.3. The molecule has 0 unspecified atom stereocenters. The molecular weight excluding hydrogens is 348 g/mol. The van der Waals surface area contributed by atoms with Crippen LogP contribution in [0.3, 0.4) is 0 Å². The molecule has 1 amide bonds. The topological polar surface area (TPSA) is 86.2 Å². The van der Waals surface area contributed by atoms with Gasteiger partial charge in [-0.2, -0.15) is 0 Å². The van der Waals surface area contributed by atoms with E-state index >= 15 is 0 Å². The summed E-state index contributed by atoms with van der Waals surface area (Å²) in [6.07, 6.45) is 1.46. The molecule has 0 heterocycles. The molecule has 7 nitrogen and oxygen atoms in total. The van der Waals surface area contributed by atoms with Gasteiger partial charge in [-0.15, -0.1) is 0 Å². The van der Waals surface area contributed by atoms with E-state index in [1.165, 1.54) is 6.21 Å². The Morgan fingerprint density at radius 3 is 2.44 bits per heavy atom. The number of oxime groups is 1. The molecule has 2 rings (SSSR count). The van der Waals surface area contributed by atoms with Gasteiger partial charge in [0, 0.05) is 5.69 Å². The Balaban J connectivity index is 1.68. The van der Waals surface area contributed by atoms with E-state index in [2.05, 4.69) is 10.5 Å². The lowest BCUT2D eigenvalue weighted by Crippen LogP contribution is -2.22. The van der Waals surface area contributed by atoms with Crippen molar-refractivity contribution in [3.05, 3.63) is 59.2 Å². The van der Waals surface area contributed by atoms with Crippen LogP contribution in [0.2, 0.25) is 0 Å². The second-order valence-electron chi connectivity index (χ2n) is 5.79. The van der Waals surface area contributed by atoms with Crippen molar-refractivity contribution in [2.24, 2.45) is 5.16 Å². The lowest BCUT2D eigenvalue weighted by Gasteiger charge is -2.08. The molecule has 0 saturated heterocycles. The van der Waals surface area contributed by atoms with E-state index in [1.807, 2.05) is 26.0 Å². The van der Waals surface area contributed by atoms with Crippen molar-refractivity contribution < 1.29 is 23.9 Å². The van der Waals surface area contributed by atoms with Crippen molar-refractivity contribution in [2.75, 3.05) is 25.6 Å². The van der Waals surface area contributed by atoms with Crippen LogP contribution in [-0.2, 0) is 19.2 Å². The summed E-state index contributed by atoms with van der Waals surface area (Å²) >= 11 is 0. The zero-order valence-electron chi connectivity index (χ0n) is 15.5. The van der Waals surface area contributed by atoms with Crippen LogP contribution >= 0.6 is 0 Å². The van der Waals surface area contributed by atoms with Crippen LogP contribution in [0.4, 0.5) is 5.69 Å². The van der Waals surface area contributed by atoms with Gasteiger partial charge < -0.3 is 19.6 Å². The van der Waals surface area contributed by atoms with Crippen molar-refractivity contribution in [1.82, 2.24) is 0 Å². The minimum atomic E-state index is -0.683. The third-order valence-electron chi connectivity index (χ3n) is 3.73. The summed E-state index contributed by atoms with van der Waals surface area (Å²) < 4.78 is 9.90. The van der Waals surface area contributed by atoms with E-state index in [1.54, 1.807) is 37.4 Å². The summed E-state index contributed by atoms with van der Waals surface area (Å²) in [5, 5.41) is 6.35. The molecule has 0 spiro atoms. The summed E-state index contributed by atoms with van der Waals surface area (Å²) in [7, 11) is 1.58. The van der Waals surface area contributed by atoms with E-state index in [-0.39, 0.29) is 6.61 Å². The van der Waals surface area contributed by atoms with Crippen molar-refractivity contribution in [3.63, 3.8) is 0 Å². The van der Waals surface area contributed by atoms with Crippen molar-refractivity contribution in [1.29, 1.82) is 0 Å².